The lowest BCUT2D eigenvalue weighted by Gasteiger charge is -2.52. The molecule has 2 aromatic rings. The van der Waals surface area contributed by atoms with Gasteiger partial charge < -0.3 is 15.7 Å². The number of pyridine rings is 1. The van der Waals surface area contributed by atoms with Gasteiger partial charge >= 0.3 is 5.97 Å². The number of nitrogens with zero attached hydrogens (tertiary/aromatic N) is 1. The minimum absolute atomic E-state index is 0.0892. The third-order valence-corrected chi connectivity index (χ3v) is 12.4. The number of aromatic nitrogens is 1. The van der Waals surface area contributed by atoms with Crippen molar-refractivity contribution in [3.05, 3.63) is 57.6 Å². The number of rotatable bonds is 4. The van der Waals surface area contributed by atoms with Crippen molar-refractivity contribution >= 4 is 46.7 Å². The molecule has 43 heavy (non-hydrogen) atoms. The molecule has 8 rings (SSSR count). The second kappa shape index (κ2) is 9.62. The topological polar surface area (TPSA) is 120 Å². The van der Waals surface area contributed by atoms with Crippen LogP contribution in [-0.2, 0) is 25.2 Å². The average Bonchev–Trinajstić information content (AvgIpc) is 3.41. The average molecular weight is 630 g/mol. The normalized spacial score (nSPS) is 35.6. The lowest BCUT2D eigenvalue weighted by atomic mass is 9.49. The summed E-state index contributed by atoms with van der Waals surface area (Å²) >= 11 is 12.7. The maximum atomic E-state index is 16.3. The quantitative estimate of drug-likeness (QED) is 0.325. The zero-order valence-corrected chi connectivity index (χ0v) is 25.5. The van der Waals surface area contributed by atoms with E-state index in [1.54, 1.807) is 31.3 Å². The lowest BCUT2D eigenvalue weighted by molar-refractivity contribution is -0.157. The van der Waals surface area contributed by atoms with Crippen molar-refractivity contribution in [2.75, 3.05) is 5.32 Å². The first-order valence-electron chi connectivity index (χ1n) is 15.2. The smallest absolute Gasteiger partial charge is 0.309 e. The first kappa shape index (κ1) is 29.0. The van der Waals surface area contributed by atoms with Crippen LogP contribution < -0.4 is 16.0 Å². The van der Waals surface area contributed by atoms with Crippen LogP contribution in [0.5, 0.6) is 0 Å². The Bertz CT molecular complexity index is 1540. The number of aliphatic carboxylic acids is 1. The first-order chi connectivity index (χ1) is 20.4. The summed E-state index contributed by atoms with van der Waals surface area (Å²) in [4.78, 5) is 45.8. The molecule has 3 heterocycles. The van der Waals surface area contributed by atoms with Crippen molar-refractivity contribution in [3.63, 3.8) is 0 Å². The Kier molecular flexibility index (Phi) is 6.49. The number of carbonyl (C=O) groups is 3. The Morgan fingerprint density at radius 2 is 1.70 bits per heavy atom. The van der Waals surface area contributed by atoms with Gasteiger partial charge in [0.2, 0.25) is 11.8 Å². The summed E-state index contributed by atoms with van der Waals surface area (Å²) in [6.45, 7) is 1.81. The fraction of sp³-hybridized carbons (Fsp3) is 0.562. The molecular formula is C32H35Cl2FN4O4. The van der Waals surface area contributed by atoms with Crippen molar-refractivity contribution in [1.82, 2.24) is 15.6 Å². The molecule has 4 N–H and O–H groups in total. The molecule has 2 aliphatic heterocycles. The molecule has 228 valence electrons. The van der Waals surface area contributed by atoms with Gasteiger partial charge in [0.05, 0.1) is 16.5 Å². The number of carboxylic acid groups (broad SMARTS) is 1. The van der Waals surface area contributed by atoms with Gasteiger partial charge in [-0.25, -0.2) is 9.37 Å². The van der Waals surface area contributed by atoms with E-state index in [9.17, 15) is 19.5 Å². The molecule has 3 atom stereocenters. The molecule has 5 fully saturated rings. The summed E-state index contributed by atoms with van der Waals surface area (Å²) in [6.07, 6.45) is 8.63. The van der Waals surface area contributed by atoms with Gasteiger partial charge in [-0.1, -0.05) is 61.5 Å². The molecule has 8 nitrogen and oxygen atoms in total. The number of hydrogen-bond donors (Lipinski definition) is 4. The summed E-state index contributed by atoms with van der Waals surface area (Å²) in [6, 6.07) is 5.35. The van der Waals surface area contributed by atoms with Crippen LogP contribution in [0.15, 0.2) is 30.5 Å². The van der Waals surface area contributed by atoms with Crippen LogP contribution >= 0.6 is 23.2 Å². The van der Waals surface area contributed by atoms with E-state index in [-0.39, 0.29) is 27.6 Å². The molecule has 1 aromatic heterocycles. The summed E-state index contributed by atoms with van der Waals surface area (Å²) in [7, 11) is 0. The van der Waals surface area contributed by atoms with Gasteiger partial charge in [0.1, 0.15) is 16.4 Å². The predicted molar refractivity (Wildman–Crippen MR) is 160 cm³/mol. The lowest BCUT2D eigenvalue weighted by Crippen LogP contribution is -2.65. The molecule has 3 unspecified atom stereocenters. The first-order valence-corrected chi connectivity index (χ1v) is 15.9. The highest BCUT2D eigenvalue weighted by molar-refractivity contribution is 6.31. The maximum absolute atomic E-state index is 16.3. The SMILES string of the molecule is CC1(c2cccc(Cl)c2F)C(C(=O)NC23CCC(C(=O)O)(CC2)CC3)NC2(CCCCC2)C12C(=O)Nc1cc(Cl)ncc12. The monoisotopic (exact) mass is 628 g/mol. The van der Waals surface area contributed by atoms with E-state index in [0.717, 1.165) is 19.3 Å². The molecule has 11 heteroatoms. The van der Waals surface area contributed by atoms with Gasteiger partial charge in [-0.15, -0.1) is 0 Å². The molecule has 2 amide bonds. The fourth-order valence-electron chi connectivity index (χ4n) is 9.70. The van der Waals surface area contributed by atoms with Crippen LogP contribution in [0.25, 0.3) is 0 Å². The van der Waals surface area contributed by atoms with Crippen LogP contribution in [0.3, 0.4) is 0 Å². The van der Waals surface area contributed by atoms with Crippen LogP contribution in [0.2, 0.25) is 10.2 Å². The number of carboxylic acids is 1. The number of amides is 2. The second-order valence-electron chi connectivity index (χ2n) is 13.6. The van der Waals surface area contributed by atoms with E-state index in [1.807, 2.05) is 0 Å². The minimum atomic E-state index is -1.43. The zero-order valence-electron chi connectivity index (χ0n) is 24.0. The van der Waals surface area contributed by atoms with Gasteiger partial charge in [0, 0.05) is 33.9 Å². The summed E-state index contributed by atoms with van der Waals surface area (Å²) in [5, 5.41) is 20.1. The molecule has 6 aliphatic rings. The Labute approximate surface area is 259 Å². The second-order valence-corrected chi connectivity index (χ2v) is 14.4. The standard InChI is InChI=1S/C32H35Cl2FN4O4/c1-28(18-6-5-7-20(33)23(18)35)24(25(40)39-30-13-10-29(11-14-30,12-15-30)27(42)43)38-31(8-3-2-4-9-31)32(28)19-17-36-22(34)16-21(19)37-26(32)41/h5-7,16-17,24,38H,2-4,8-15H2,1H3,(H,37,41)(H,39,40)(H,42,43). The Morgan fingerprint density at radius 3 is 2.35 bits per heavy atom. The molecular weight excluding hydrogens is 594 g/mol. The van der Waals surface area contributed by atoms with Crippen molar-refractivity contribution < 1.29 is 23.9 Å². The van der Waals surface area contributed by atoms with E-state index in [2.05, 4.69) is 20.9 Å². The number of hydrogen-bond acceptors (Lipinski definition) is 5. The maximum Gasteiger partial charge on any atom is 0.309 e. The van der Waals surface area contributed by atoms with E-state index in [0.29, 0.717) is 62.6 Å². The van der Waals surface area contributed by atoms with Crippen molar-refractivity contribution in [3.8, 4) is 0 Å². The van der Waals surface area contributed by atoms with E-state index < -0.39 is 45.2 Å². The van der Waals surface area contributed by atoms with Crippen LogP contribution in [-0.4, -0.2) is 45.0 Å². The van der Waals surface area contributed by atoms with Gasteiger partial charge in [0.15, 0.2) is 0 Å². The number of anilines is 1. The summed E-state index contributed by atoms with van der Waals surface area (Å²) < 4.78 is 16.3. The third-order valence-electron chi connectivity index (χ3n) is 11.9. The van der Waals surface area contributed by atoms with Gasteiger partial charge in [-0.3, -0.25) is 19.7 Å². The molecule has 1 saturated heterocycles. The minimum Gasteiger partial charge on any atom is -0.481 e. The third kappa shape index (κ3) is 3.70. The van der Waals surface area contributed by atoms with E-state index in [1.165, 1.54) is 6.07 Å². The molecule has 1 aromatic carbocycles. The Balaban J connectivity index is 1.41. The van der Waals surface area contributed by atoms with Crippen LogP contribution in [0.1, 0.15) is 88.7 Å². The Morgan fingerprint density at radius 1 is 1.02 bits per heavy atom. The number of halogens is 3. The van der Waals surface area contributed by atoms with Gasteiger partial charge in [-0.2, -0.15) is 0 Å². The number of benzene rings is 1. The molecule has 0 radical (unpaired) electrons. The number of nitrogens with one attached hydrogen (secondary N) is 3. The molecule has 4 aliphatic carbocycles. The summed E-state index contributed by atoms with van der Waals surface area (Å²) in [5.74, 6) is -2.08. The van der Waals surface area contributed by atoms with Crippen LogP contribution in [0.4, 0.5) is 10.1 Å². The summed E-state index contributed by atoms with van der Waals surface area (Å²) in [5.41, 5.74) is -3.71. The van der Waals surface area contributed by atoms with Crippen molar-refractivity contribution in [2.24, 2.45) is 5.41 Å². The fourth-order valence-corrected chi connectivity index (χ4v) is 10.0. The van der Waals surface area contributed by atoms with Crippen molar-refractivity contribution in [1.29, 1.82) is 0 Å². The van der Waals surface area contributed by atoms with Crippen LogP contribution in [0, 0.1) is 11.2 Å². The number of fused-ring (bicyclic) bond motifs is 6. The largest absolute Gasteiger partial charge is 0.481 e. The predicted octanol–water partition coefficient (Wildman–Crippen LogP) is 5.64. The van der Waals surface area contributed by atoms with Gasteiger partial charge in [0.25, 0.3) is 0 Å². The highest BCUT2D eigenvalue weighted by Gasteiger charge is 2.78. The highest BCUT2D eigenvalue weighted by atomic mass is 35.5. The van der Waals surface area contributed by atoms with E-state index in [4.69, 9.17) is 23.2 Å². The number of carbonyl (C=O) groups excluding carboxylic acids is 2. The van der Waals surface area contributed by atoms with Gasteiger partial charge in [-0.05, 0) is 69.1 Å². The zero-order chi connectivity index (χ0) is 30.4. The Hall–Kier alpha value is -2.75. The molecule has 2 spiro atoms. The highest BCUT2D eigenvalue weighted by Crippen LogP contribution is 2.65. The van der Waals surface area contributed by atoms with E-state index >= 15 is 4.39 Å². The van der Waals surface area contributed by atoms with Crippen molar-refractivity contribution in [2.45, 2.75) is 106 Å². The molecule has 4 saturated carbocycles. The molecule has 2 bridgehead atoms.